The van der Waals surface area contributed by atoms with Crippen molar-refractivity contribution >= 4 is 28.2 Å². The molecular weight excluding hydrogens is 380 g/mol. The van der Waals surface area contributed by atoms with Crippen molar-refractivity contribution in [3.8, 4) is 11.4 Å². The summed E-state index contributed by atoms with van der Waals surface area (Å²) < 4.78 is 7.08. The molecule has 2 aromatic heterocycles. The number of H-pyrrole nitrogens is 1. The fourth-order valence-electron chi connectivity index (χ4n) is 3.76. The lowest BCUT2D eigenvalue weighted by Gasteiger charge is -2.30. The minimum atomic E-state index is -0.184. The number of hydrogen-bond donors (Lipinski definition) is 2. The number of benzene rings is 2. The van der Waals surface area contributed by atoms with Crippen molar-refractivity contribution in [3.05, 3.63) is 65.2 Å². The molecule has 0 aliphatic carbocycles. The zero-order valence-corrected chi connectivity index (χ0v) is 16.6. The number of aromatic nitrogens is 4. The molecule has 3 heterocycles. The van der Waals surface area contributed by atoms with Crippen molar-refractivity contribution < 1.29 is 4.74 Å². The molecule has 8 nitrogen and oxygen atoms in total. The molecule has 152 valence electrons. The predicted octanol–water partition coefficient (Wildman–Crippen LogP) is 2.90. The molecule has 2 N–H and O–H groups in total. The lowest BCUT2D eigenvalue weighted by atomic mass is 10.2. The molecule has 5 rings (SSSR count). The summed E-state index contributed by atoms with van der Waals surface area (Å²) in [5.41, 5.74) is 4.10. The van der Waals surface area contributed by atoms with Crippen molar-refractivity contribution in [2.24, 2.45) is 7.05 Å². The van der Waals surface area contributed by atoms with Crippen LogP contribution in [0.25, 0.3) is 22.4 Å². The van der Waals surface area contributed by atoms with Gasteiger partial charge in [-0.2, -0.15) is 0 Å². The largest absolute Gasteiger partial charge is 0.378 e. The zero-order valence-electron chi connectivity index (χ0n) is 16.6. The van der Waals surface area contributed by atoms with Gasteiger partial charge in [0.05, 0.1) is 35.6 Å². The third kappa shape index (κ3) is 3.31. The third-order valence-electron chi connectivity index (χ3n) is 5.36. The first-order chi connectivity index (χ1) is 14.7. The van der Waals surface area contributed by atoms with Gasteiger partial charge in [-0.15, -0.1) is 0 Å². The molecule has 0 saturated carbocycles. The smallest absolute Gasteiger partial charge is 0.293 e. The SMILES string of the molecule is Cn1c(=O)c(Nc2ccccc2N2CCOCC2)nc2ccc(-c3ncc[nH]3)cc21. The molecular formula is C22H22N6O2. The van der Waals surface area contributed by atoms with Gasteiger partial charge in [-0.05, 0) is 30.3 Å². The quantitative estimate of drug-likeness (QED) is 0.546. The molecule has 0 unspecified atom stereocenters. The minimum absolute atomic E-state index is 0.184. The van der Waals surface area contributed by atoms with Crippen LogP contribution in [-0.4, -0.2) is 45.8 Å². The van der Waals surface area contributed by atoms with E-state index in [-0.39, 0.29) is 5.56 Å². The molecule has 1 aliphatic rings. The standard InChI is InChI=1S/C22H22N6O2/c1-27-19-14-15(20-23-8-9-24-20)6-7-17(19)26-21(22(27)29)25-16-4-2-3-5-18(16)28-10-12-30-13-11-28/h2-9,14H,10-13H2,1H3,(H,23,24)(H,25,26). The number of ether oxygens (including phenoxy) is 1. The van der Waals surface area contributed by atoms with Gasteiger partial charge in [-0.25, -0.2) is 9.97 Å². The van der Waals surface area contributed by atoms with Gasteiger partial charge in [0.25, 0.3) is 5.56 Å². The number of para-hydroxylation sites is 2. The van der Waals surface area contributed by atoms with Crippen LogP contribution in [-0.2, 0) is 11.8 Å². The van der Waals surface area contributed by atoms with Gasteiger partial charge in [0.2, 0.25) is 0 Å². The minimum Gasteiger partial charge on any atom is -0.378 e. The number of nitrogens with one attached hydrogen (secondary N) is 2. The summed E-state index contributed by atoms with van der Waals surface area (Å²) in [6.45, 7) is 3.03. The highest BCUT2D eigenvalue weighted by Crippen LogP contribution is 2.28. The van der Waals surface area contributed by atoms with Gasteiger partial charge < -0.3 is 24.5 Å². The molecule has 30 heavy (non-hydrogen) atoms. The van der Waals surface area contributed by atoms with Crippen LogP contribution in [0.1, 0.15) is 0 Å². The van der Waals surface area contributed by atoms with E-state index in [9.17, 15) is 4.79 Å². The Morgan fingerprint density at radius 1 is 1.13 bits per heavy atom. The number of nitrogens with zero attached hydrogens (tertiary/aromatic N) is 4. The van der Waals surface area contributed by atoms with Crippen molar-refractivity contribution in [3.63, 3.8) is 0 Å². The molecule has 0 amide bonds. The van der Waals surface area contributed by atoms with Gasteiger partial charge in [-0.1, -0.05) is 12.1 Å². The summed E-state index contributed by atoms with van der Waals surface area (Å²) in [4.78, 5) is 27.3. The van der Waals surface area contributed by atoms with E-state index >= 15 is 0 Å². The highest BCUT2D eigenvalue weighted by atomic mass is 16.5. The van der Waals surface area contributed by atoms with Crippen LogP contribution in [0.15, 0.2) is 59.7 Å². The highest BCUT2D eigenvalue weighted by Gasteiger charge is 2.17. The normalized spacial score (nSPS) is 14.2. The molecule has 0 radical (unpaired) electrons. The van der Waals surface area contributed by atoms with Crippen molar-refractivity contribution in [2.45, 2.75) is 0 Å². The monoisotopic (exact) mass is 402 g/mol. The number of aryl methyl sites for hydroxylation is 1. The zero-order chi connectivity index (χ0) is 20.5. The van der Waals surface area contributed by atoms with Crippen molar-refractivity contribution in [1.29, 1.82) is 0 Å². The summed E-state index contributed by atoms with van der Waals surface area (Å²) in [7, 11) is 1.76. The van der Waals surface area contributed by atoms with E-state index in [2.05, 4.69) is 31.2 Å². The third-order valence-corrected chi connectivity index (χ3v) is 5.36. The van der Waals surface area contributed by atoms with Crippen LogP contribution in [0.3, 0.4) is 0 Å². The fraction of sp³-hybridized carbons (Fsp3) is 0.227. The maximum Gasteiger partial charge on any atom is 0.293 e. The van der Waals surface area contributed by atoms with Crippen molar-refractivity contribution in [2.75, 3.05) is 36.5 Å². The number of imidazole rings is 1. The van der Waals surface area contributed by atoms with E-state index in [4.69, 9.17) is 4.74 Å². The van der Waals surface area contributed by atoms with E-state index in [1.165, 1.54) is 0 Å². The Morgan fingerprint density at radius 2 is 1.97 bits per heavy atom. The van der Waals surface area contributed by atoms with Gasteiger partial charge in [0.15, 0.2) is 5.82 Å². The number of hydrogen-bond acceptors (Lipinski definition) is 6. The summed E-state index contributed by atoms with van der Waals surface area (Å²) >= 11 is 0. The first kappa shape index (κ1) is 18.4. The average molecular weight is 402 g/mol. The van der Waals surface area contributed by atoms with E-state index in [0.717, 1.165) is 46.9 Å². The Morgan fingerprint density at radius 3 is 2.77 bits per heavy atom. The Kier molecular flexibility index (Phi) is 4.68. The molecule has 8 heteroatoms. The molecule has 1 saturated heterocycles. The molecule has 0 atom stereocenters. The lowest BCUT2D eigenvalue weighted by Crippen LogP contribution is -2.36. The molecule has 0 spiro atoms. The van der Waals surface area contributed by atoms with Crippen LogP contribution in [0.4, 0.5) is 17.2 Å². The van der Waals surface area contributed by atoms with Gasteiger partial charge in [0, 0.05) is 38.1 Å². The summed E-state index contributed by atoms with van der Waals surface area (Å²) in [5.74, 6) is 1.06. The summed E-state index contributed by atoms with van der Waals surface area (Å²) in [6.07, 6.45) is 3.48. The summed E-state index contributed by atoms with van der Waals surface area (Å²) in [6, 6.07) is 13.8. The number of aromatic amines is 1. The maximum absolute atomic E-state index is 13.1. The Balaban J connectivity index is 1.54. The Hall–Kier alpha value is -3.65. The topological polar surface area (TPSA) is 88.1 Å². The van der Waals surface area contributed by atoms with Gasteiger partial charge >= 0.3 is 0 Å². The number of morpholine rings is 1. The van der Waals surface area contributed by atoms with E-state index in [1.54, 1.807) is 24.0 Å². The van der Waals surface area contributed by atoms with Gasteiger partial charge in [0.1, 0.15) is 5.82 Å². The number of fused-ring (bicyclic) bond motifs is 1. The highest BCUT2D eigenvalue weighted by molar-refractivity contribution is 5.82. The first-order valence-electron chi connectivity index (χ1n) is 9.90. The van der Waals surface area contributed by atoms with E-state index in [1.807, 2.05) is 36.4 Å². The number of anilines is 3. The van der Waals surface area contributed by atoms with Crippen LogP contribution in [0.2, 0.25) is 0 Å². The van der Waals surface area contributed by atoms with Crippen LogP contribution < -0.4 is 15.8 Å². The maximum atomic E-state index is 13.1. The number of rotatable bonds is 4. The molecule has 1 fully saturated rings. The molecule has 0 bridgehead atoms. The van der Waals surface area contributed by atoms with E-state index in [0.29, 0.717) is 19.0 Å². The van der Waals surface area contributed by atoms with E-state index < -0.39 is 0 Å². The Bertz CT molecular complexity index is 1240. The molecule has 1 aliphatic heterocycles. The van der Waals surface area contributed by atoms with Crippen LogP contribution in [0.5, 0.6) is 0 Å². The first-order valence-corrected chi connectivity index (χ1v) is 9.90. The average Bonchev–Trinajstić information content (AvgIpc) is 3.33. The second kappa shape index (κ2) is 7.64. The van der Waals surface area contributed by atoms with Crippen LogP contribution >= 0.6 is 0 Å². The molecule has 4 aromatic rings. The van der Waals surface area contributed by atoms with Crippen molar-refractivity contribution in [1.82, 2.24) is 19.5 Å². The lowest BCUT2D eigenvalue weighted by molar-refractivity contribution is 0.123. The molecule has 2 aromatic carbocycles. The van der Waals surface area contributed by atoms with Crippen LogP contribution in [0, 0.1) is 0 Å². The fourth-order valence-corrected chi connectivity index (χ4v) is 3.76. The van der Waals surface area contributed by atoms with Gasteiger partial charge in [-0.3, -0.25) is 4.79 Å². The predicted molar refractivity (Wildman–Crippen MR) is 117 cm³/mol. The Labute approximate surface area is 173 Å². The summed E-state index contributed by atoms with van der Waals surface area (Å²) in [5, 5.41) is 3.27. The second-order valence-electron chi connectivity index (χ2n) is 7.21. The second-order valence-corrected chi connectivity index (χ2v) is 7.21.